The van der Waals surface area contributed by atoms with Crippen molar-refractivity contribution in [2.45, 2.75) is 26.3 Å². The zero-order valence-electron chi connectivity index (χ0n) is 11.1. The van der Waals surface area contributed by atoms with Crippen LogP contribution in [0.4, 0.5) is 14.9 Å². The molecule has 0 spiro atoms. The number of halogens is 2. The Morgan fingerprint density at radius 1 is 1.35 bits per heavy atom. The molecule has 0 aromatic heterocycles. The van der Waals surface area contributed by atoms with Gasteiger partial charge in [-0.25, -0.2) is 14.0 Å². The summed E-state index contributed by atoms with van der Waals surface area (Å²) in [6.07, 6.45) is 0.298. The van der Waals surface area contributed by atoms with E-state index in [9.17, 15) is 14.0 Å². The SMILES string of the molecule is CC(C)C[C@@H](NC(=O)Nc1cc(F)cc(Cl)c1)C(=O)O. The van der Waals surface area contributed by atoms with Gasteiger partial charge in [0.1, 0.15) is 11.9 Å². The standard InChI is InChI=1S/C13H16ClFN2O3/c1-7(2)3-11(12(18)19)17-13(20)16-10-5-8(14)4-9(15)6-10/h4-7,11H,3H2,1-2H3,(H,18,19)(H2,16,17,20)/t11-/m1/s1. The van der Waals surface area contributed by atoms with Gasteiger partial charge in [0.25, 0.3) is 0 Å². The minimum Gasteiger partial charge on any atom is -0.480 e. The fraction of sp³-hybridized carbons (Fsp3) is 0.385. The van der Waals surface area contributed by atoms with Crippen LogP contribution in [0.2, 0.25) is 5.02 Å². The molecule has 0 aliphatic rings. The van der Waals surface area contributed by atoms with Crippen molar-refractivity contribution >= 4 is 29.3 Å². The first-order valence-corrected chi connectivity index (χ1v) is 6.42. The number of hydrogen-bond donors (Lipinski definition) is 3. The highest BCUT2D eigenvalue weighted by Gasteiger charge is 2.21. The zero-order chi connectivity index (χ0) is 15.3. The highest BCUT2D eigenvalue weighted by atomic mass is 35.5. The van der Waals surface area contributed by atoms with Gasteiger partial charge in [0.2, 0.25) is 0 Å². The van der Waals surface area contributed by atoms with Gasteiger partial charge in [-0.3, -0.25) is 0 Å². The van der Waals surface area contributed by atoms with E-state index in [4.69, 9.17) is 16.7 Å². The van der Waals surface area contributed by atoms with Crippen LogP contribution < -0.4 is 10.6 Å². The fourth-order valence-corrected chi connectivity index (χ4v) is 1.87. The molecule has 110 valence electrons. The third kappa shape index (κ3) is 5.44. The van der Waals surface area contributed by atoms with Gasteiger partial charge in [-0.1, -0.05) is 25.4 Å². The summed E-state index contributed by atoms with van der Waals surface area (Å²) in [5.74, 6) is -1.60. The monoisotopic (exact) mass is 302 g/mol. The van der Waals surface area contributed by atoms with E-state index in [0.29, 0.717) is 6.42 Å². The van der Waals surface area contributed by atoms with Gasteiger partial charge < -0.3 is 15.7 Å². The Morgan fingerprint density at radius 3 is 2.50 bits per heavy atom. The Balaban J connectivity index is 2.68. The first-order valence-electron chi connectivity index (χ1n) is 6.04. The molecule has 2 amide bonds. The molecule has 0 radical (unpaired) electrons. The van der Waals surface area contributed by atoms with Gasteiger partial charge in [-0.05, 0) is 30.5 Å². The summed E-state index contributed by atoms with van der Waals surface area (Å²) in [4.78, 5) is 22.7. The van der Waals surface area contributed by atoms with E-state index in [0.717, 1.165) is 12.1 Å². The predicted molar refractivity (Wildman–Crippen MR) is 74.4 cm³/mol. The van der Waals surface area contributed by atoms with Gasteiger partial charge in [-0.2, -0.15) is 0 Å². The number of carbonyl (C=O) groups is 2. The third-order valence-electron chi connectivity index (χ3n) is 2.43. The molecule has 0 saturated carbocycles. The van der Waals surface area contributed by atoms with Crippen LogP contribution in [0, 0.1) is 11.7 Å². The maximum Gasteiger partial charge on any atom is 0.326 e. The molecule has 0 heterocycles. The van der Waals surface area contributed by atoms with E-state index >= 15 is 0 Å². The highest BCUT2D eigenvalue weighted by molar-refractivity contribution is 6.30. The summed E-state index contributed by atoms with van der Waals surface area (Å²) in [7, 11) is 0. The lowest BCUT2D eigenvalue weighted by molar-refractivity contribution is -0.139. The van der Waals surface area contributed by atoms with Crippen LogP contribution in [0.15, 0.2) is 18.2 Å². The number of carbonyl (C=O) groups excluding carboxylic acids is 1. The molecule has 20 heavy (non-hydrogen) atoms. The molecule has 5 nitrogen and oxygen atoms in total. The van der Waals surface area contributed by atoms with Crippen LogP contribution in [0.3, 0.4) is 0 Å². The van der Waals surface area contributed by atoms with Crippen molar-refractivity contribution in [1.29, 1.82) is 0 Å². The lowest BCUT2D eigenvalue weighted by Gasteiger charge is -2.17. The molecular weight excluding hydrogens is 287 g/mol. The van der Waals surface area contributed by atoms with E-state index in [2.05, 4.69) is 10.6 Å². The van der Waals surface area contributed by atoms with Crippen LogP contribution in [0.1, 0.15) is 20.3 Å². The molecule has 0 aliphatic carbocycles. The van der Waals surface area contributed by atoms with Crippen LogP contribution >= 0.6 is 11.6 Å². The maximum atomic E-state index is 13.1. The Morgan fingerprint density at radius 2 is 2.00 bits per heavy atom. The Labute approximate surface area is 121 Å². The molecule has 0 saturated heterocycles. The van der Waals surface area contributed by atoms with Crippen LogP contribution in [0.5, 0.6) is 0 Å². The van der Waals surface area contributed by atoms with Gasteiger partial charge in [-0.15, -0.1) is 0 Å². The number of nitrogens with one attached hydrogen (secondary N) is 2. The quantitative estimate of drug-likeness (QED) is 0.782. The largest absolute Gasteiger partial charge is 0.480 e. The van der Waals surface area contributed by atoms with Crippen molar-refractivity contribution in [2.75, 3.05) is 5.32 Å². The molecule has 0 fully saturated rings. The van der Waals surface area contributed by atoms with E-state index < -0.39 is 23.9 Å². The number of hydrogen-bond acceptors (Lipinski definition) is 2. The van der Waals surface area contributed by atoms with E-state index in [1.807, 2.05) is 13.8 Å². The Kier molecular flexibility index (Phi) is 5.76. The molecule has 1 rings (SSSR count). The van der Waals surface area contributed by atoms with Crippen molar-refractivity contribution < 1.29 is 19.1 Å². The molecule has 0 unspecified atom stereocenters. The normalized spacial score (nSPS) is 12.1. The molecule has 3 N–H and O–H groups in total. The maximum absolute atomic E-state index is 13.1. The number of carboxylic acids is 1. The Bertz CT molecular complexity index is 488. The molecule has 7 heteroatoms. The Hall–Kier alpha value is -1.82. The number of aliphatic carboxylic acids is 1. The molecule has 1 aromatic rings. The fourth-order valence-electron chi connectivity index (χ4n) is 1.64. The van der Waals surface area contributed by atoms with Crippen molar-refractivity contribution in [1.82, 2.24) is 5.32 Å². The van der Waals surface area contributed by atoms with Gasteiger partial charge in [0, 0.05) is 10.7 Å². The highest BCUT2D eigenvalue weighted by Crippen LogP contribution is 2.18. The second-order valence-electron chi connectivity index (χ2n) is 4.78. The third-order valence-corrected chi connectivity index (χ3v) is 2.65. The van der Waals surface area contributed by atoms with Crippen LogP contribution in [-0.2, 0) is 4.79 Å². The van der Waals surface area contributed by atoms with Crippen LogP contribution in [0.25, 0.3) is 0 Å². The summed E-state index contributed by atoms with van der Waals surface area (Å²) >= 11 is 5.65. The van der Waals surface area contributed by atoms with Gasteiger partial charge in [0.05, 0.1) is 0 Å². The summed E-state index contributed by atoms with van der Waals surface area (Å²) in [5, 5.41) is 13.8. The van der Waals surface area contributed by atoms with Crippen LogP contribution in [-0.4, -0.2) is 23.1 Å². The molecule has 0 bridgehead atoms. The smallest absolute Gasteiger partial charge is 0.326 e. The summed E-state index contributed by atoms with van der Waals surface area (Å²) < 4.78 is 13.1. The van der Waals surface area contributed by atoms with Crippen molar-refractivity contribution in [3.63, 3.8) is 0 Å². The number of urea groups is 1. The predicted octanol–water partition coefficient (Wildman–Crippen LogP) is 3.10. The summed E-state index contributed by atoms with van der Waals surface area (Å²) in [5.41, 5.74) is 0.154. The molecule has 0 aliphatic heterocycles. The van der Waals surface area contributed by atoms with E-state index in [1.54, 1.807) is 0 Å². The number of amides is 2. The van der Waals surface area contributed by atoms with Crippen molar-refractivity contribution in [2.24, 2.45) is 5.92 Å². The summed E-state index contributed by atoms with van der Waals surface area (Å²) in [6.45, 7) is 3.70. The number of anilines is 1. The molecular formula is C13H16ClFN2O3. The molecule has 1 aromatic carbocycles. The summed E-state index contributed by atoms with van der Waals surface area (Å²) in [6, 6.07) is 1.83. The van der Waals surface area contributed by atoms with E-state index in [1.165, 1.54) is 6.07 Å². The average Bonchev–Trinajstić information content (AvgIpc) is 2.25. The minimum absolute atomic E-state index is 0.111. The topological polar surface area (TPSA) is 78.4 Å². The minimum atomic E-state index is -1.12. The number of benzene rings is 1. The van der Waals surface area contributed by atoms with Gasteiger partial charge in [0.15, 0.2) is 0 Å². The van der Waals surface area contributed by atoms with Crippen molar-refractivity contribution in [3.8, 4) is 0 Å². The zero-order valence-corrected chi connectivity index (χ0v) is 11.9. The lowest BCUT2D eigenvalue weighted by atomic mass is 10.0. The first-order chi connectivity index (χ1) is 9.27. The van der Waals surface area contributed by atoms with Crippen molar-refractivity contribution in [3.05, 3.63) is 29.0 Å². The second-order valence-corrected chi connectivity index (χ2v) is 5.21. The van der Waals surface area contributed by atoms with E-state index in [-0.39, 0.29) is 16.6 Å². The number of carboxylic acid groups (broad SMARTS) is 1. The number of rotatable bonds is 5. The lowest BCUT2D eigenvalue weighted by Crippen LogP contribution is -2.43. The molecule has 1 atom stereocenters. The first kappa shape index (κ1) is 16.2. The average molecular weight is 303 g/mol. The second kappa shape index (κ2) is 7.09. The van der Waals surface area contributed by atoms with Gasteiger partial charge >= 0.3 is 12.0 Å².